The van der Waals surface area contributed by atoms with Gasteiger partial charge in [-0.15, -0.1) is 0 Å². The average molecular weight is 304 g/mol. The molecule has 0 aliphatic heterocycles. The number of nitrogens with one attached hydrogen (secondary N) is 1. The van der Waals surface area contributed by atoms with Crippen molar-refractivity contribution in [2.75, 3.05) is 12.4 Å². The van der Waals surface area contributed by atoms with Crippen LogP contribution in [0.1, 0.15) is 0 Å². The average Bonchev–Trinajstić information content (AvgIpc) is 2.48. The zero-order valence-corrected chi connectivity index (χ0v) is 11.9. The number of halogens is 2. The highest BCUT2D eigenvalue weighted by molar-refractivity contribution is 6.28. The molecule has 0 spiro atoms. The molecule has 0 atom stereocenters. The van der Waals surface area contributed by atoms with Crippen molar-refractivity contribution in [3.63, 3.8) is 0 Å². The maximum absolute atomic E-state index is 13.2. The lowest BCUT2D eigenvalue weighted by Gasteiger charge is -2.12. The van der Waals surface area contributed by atoms with Crippen molar-refractivity contribution >= 4 is 34.0 Å². The van der Waals surface area contributed by atoms with Gasteiger partial charge in [0.15, 0.2) is 0 Å². The SMILES string of the molecule is COc1cc(F)ccc1Nc1nc(Cl)nc2ccccc12. The van der Waals surface area contributed by atoms with E-state index < -0.39 is 0 Å². The van der Waals surface area contributed by atoms with Crippen LogP contribution in [0.25, 0.3) is 10.9 Å². The van der Waals surface area contributed by atoms with E-state index in [9.17, 15) is 4.39 Å². The van der Waals surface area contributed by atoms with Crippen molar-refractivity contribution in [1.82, 2.24) is 9.97 Å². The van der Waals surface area contributed by atoms with E-state index in [4.69, 9.17) is 16.3 Å². The van der Waals surface area contributed by atoms with Gasteiger partial charge >= 0.3 is 0 Å². The van der Waals surface area contributed by atoms with Crippen LogP contribution in [0.15, 0.2) is 42.5 Å². The molecule has 0 aliphatic carbocycles. The standard InChI is InChI=1S/C15H11ClFN3O/c1-21-13-8-9(17)6-7-12(13)18-14-10-4-2-3-5-11(10)19-15(16)20-14/h2-8H,1H3,(H,18,19,20). The predicted molar refractivity (Wildman–Crippen MR) is 80.8 cm³/mol. The number of benzene rings is 2. The van der Waals surface area contributed by atoms with E-state index in [0.717, 1.165) is 10.9 Å². The van der Waals surface area contributed by atoms with E-state index in [1.165, 1.54) is 19.2 Å². The fourth-order valence-electron chi connectivity index (χ4n) is 2.04. The zero-order valence-electron chi connectivity index (χ0n) is 11.1. The van der Waals surface area contributed by atoms with Gasteiger partial charge in [0.2, 0.25) is 5.28 Å². The Hall–Kier alpha value is -2.40. The number of aromatic nitrogens is 2. The topological polar surface area (TPSA) is 47.0 Å². The van der Waals surface area contributed by atoms with E-state index in [1.54, 1.807) is 6.07 Å². The number of methoxy groups -OCH3 is 1. The smallest absolute Gasteiger partial charge is 0.224 e. The number of rotatable bonds is 3. The minimum absolute atomic E-state index is 0.136. The monoisotopic (exact) mass is 303 g/mol. The molecule has 3 rings (SSSR count). The summed E-state index contributed by atoms with van der Waals surface area (Å²) in [6.45, 7) is 0. The van der Waals surface area contributed by atoms with Crippen LogP contribution >= 0.6 is 11.6 Å². The summed E-state index contributed by atoms with van der Waals surface area (Å²) in [4.78, 5) is 8.35. The van der Waals surface area contributed by atoms with Gasteiger partial charge in [-0.25, -0.2) is 9.37 Å². The highest BCUT2D eigenvalue weighted by Crippen LogP contribution is 2.30. The summed E-state index contributed by atoms with van der Waals surface area (Å²) in [5.74, 6) is 0.548. The van der Waals surface area contributed by atoms with Gasteiger partial charge in [-0.3, -0.25) is 0 Å². The van der Waals surface area contributed by atoms with Crippen molar-refractivity contribution in [3.05, 3.63) is 53.6 Å². The lowest BCUT2D eigenvalue weighted by Crippen LogP contribution is -1.99. The maximum atomic E-state index is 13.2. The lowest BCUT2D eigenvalue weighted by atomic mass is 10.2. The largest absolute Gasteiger partial charge is 0.494 e. The number of hydrogen-bond acceptors (Lipinski definition) is 4. The molecule has 2 aromatic carbocycles. The third-order valence-corrected chi connectivity index (χ3v) is 3.16. The minimum Gasteiger partial charge on any atom is -0.494 e. The van der Waals surface area contributed by atoms with Gasteiger partial charge in [-0.05, 0) is 35.9 Å². The Kier molecular flexibility index (Phi) is 3.58. The second-order valence-electron chi connectivity index (χ2n) is 4.33. The molecule has 0 saturated heterocycles. The Morgan fingerprint density at radius 3 is 2.76 bits per heavy atom. The number of hydrogen-bond donors (Lipinski definition) is 1. The molecule has 0 radical (unpaired) electrons. The van der Waals surface area contributed by atoms with E-state index in [-0.39, 0.29) is 11.1 Å². The van der Waals surface area contributed by atoms with Crippen molar-refractivity contribution < 1.29 is 9.13 Å². The van der Waals surface area contributed by atoms with Crippen LogP contribution in [-0.2, 0) is 0 Å². The Morgan fingerprint density at radius 1 is 1.14 bits per heavy atom. The second-order valence-corrected chi connectivity index (χ2v) is 4.67. The molecule has 0 unspecified atom stereocenters. The fraction of sp³-hybridized carbons (Fsp3) is 0.0667. The number of anilines is 2. The van der Waals surface area contributed by atoms with Gasteiger partial charge in [0.25, 0.3) is 0 Å². The predicted octanol–water partition coefficient (Wildman–Crippen LogP) is 4.17. The van der Waals surface area contributed by atoms with E-state index in [2.05, 4.69) is 15.3 Å². The lowest BCUT2D eigenvalue weighted by molar-refractivity contribution is 0.413. The quantitative estimate of drug-likeness (QED) is 0.738. The highest BCUT2D eigenvalue weighted by Gasteiger charge is 2.10. The first-order chi connectivity index (χ1) is 10.2. The van der Waals surface area contributed by atoms with Crippen LogP contribution in [0.5, 0.6) is 5.75 Å². The van der Waals surface area contributed by atoms with Crippen LogP contribution in [0.2, 0.25) is 5.28 Å². The Morgan fingerprint density at radius 2 is 1.95 bits per heavy atom. The van der Waals surface area contributed by atoms with Gasteiger partial charge in [-0.1, -0.05) is 12.1 Å². The van der Waals surface area contributed by atoms with E-state index in [0.29, 0.717) is 17.3 Å². The van der Waals surface area contributed by atoms with Crippen molar-refractivity contribution in [2.45, 2.75) is 0 Å². The molecular weight excluding hydrogens is 293 g/mol. The molecular formula is C15H11ClFN3O. The van der Waals surface area contributed by atoms with Gasteiger partial charge in [0.05, 0.1) is 18.3 Å². The summed E-state index contributed by atoms with van der Waals surface area (Å²) >= 11 is 5.94. The molecule has 4 nitrogen and oxygen atoms in total. The number of ether oxygens (including phenoxy) is 1. The molecule has 0 fully saturated rings. The number of nitrogens with zero attached hydrogens (tertiary/aromatic N) is 2. The summed E-state index contributed by atoms with van der Waals surface area (Å²) in [6.07, 6.45) is 0. The van der Waals surface area contributed by atoms with Crippen LogP contribution in [0.3, 0.4) is 0 Å². The summed E-state index contributed by atoms with van der Waals surface area (Å²) in [6, 6.07) is 11.7. The van der Waals surface area contributed by atoms with E-state index >= 15 is 0 Å². The first-order valence-electron chi connectivity index (χ1n) is 6.20. The minimum atomic E-state index is -0.372. The summed E-state index contributed by atoms with van der Waals surface area (Å²) in [5.41, 5.74) is 1.32. The molecule has 0 saturated carbocycles. The first kappa shape index (κ1) is 13.6. The molecule has 21 heavy (non-hydrogen) atoms. The molecule has 1 heterocycles. The van der Waals surface area contributed by atoms with Crippen LogP contribution in [0, 0.1) is 5.82 Å². The Labute approximate surface area is 125 Å². The molecule has 0 amide bonds. The van der Waals surface area contributed by atoms with Crippen molar-refractivity contribution in [3.8, 4) is 5.75 Å². The van der Waals surface area contributed by atoms with Crippen molar-refractivity contribution in [1.29, 1.82) is 0 Å². The normalized spacial score (nSPS) is 10.6. The first-order valence-corrected chi connectivity index (χ1v) is 6.58. The zero-order chi connectivity index (χ0) is 14.8. The van der Waals surface area contributed by atoms with Crippen molar-refractivity contribution in [2.24, 2.45) is 0 Å². The molecule has 3 aromatic rings. The van der Waals surface area contributed by atoms with Gasteiger partial charge in [0, 0.05) is 11.5 Å². The summed E-state index contributed by atoms with van der Waals surface area (Å²) in [5, 5.41) is 4.06. The molecule has 1 aromatic heterocycles. The molecule has 6 heteroatoms. The third-order valence-electron chi connectivity index (χ3n) is 2.99. The van der Waals surface area contributed by atoms with Crippen LogP contribution in [-0.4, -0.2) is 17.1 Å². The molecule has 0 bridgehead atoms. The van der Waals surface area contributed by atoms with Gasteiger partial charge in [0.1, 0.15) is 17.4 Å². The third kappa shape index (κ3) is 2.73. The number of fused-ring (bicyclic) bond motifs is 1. The maximum Gasteiger partial charge on any atom is 0.224 e. The van der Waals surface area contributed by atoms with Crippen LogP contribution < -0.4 is 10.1 Å². The Bertz CT molecular complexity index is 810. The van der Waals surface area contributed by atoms with Crippen LogP contribution in [0.4, 0.5) is 15.9 Å². The second kappa shape index (κ2) is 5.54. The summed E-state index contributed by atoms with van der Waals surface area (Å²) in [7, 11) is 1.48. The van der Waals surface area contributed by atoms with Gasteiger partial charge in [-0.2, -0.15) is 4.98 Å². The molecule has 0 aliphatic rings. The molecule has 1 N–H and O–H groups in total. The Balaban J connectivity index is 2.10. The highest BCUT2D eigenvalue weighted by atomic mass is 35.5. The fourth-order valence-corrected chi connectivity index (χ4v) is 2.21. The molecule has 106 valence electrons. The van der Waals surface area contributed by atoms with E-state index in [1.807, 2.05) is 24.3 Å². The number of para-hydroxylation sites is 1. The summed E-state index contributed by atoms with van der Waals surface area (Å²) < 4.78 is 18.4. The van der Waals surface area contributed by atoms with Gasteiger partial charge < -0.3 is 10.1 Å².